The van der Waals surface area contributed by atoms with Gasteiger partial charge in [0.1, 0.15) is 12.4 Å². The molecular formula is C18H27N3O5. The van der Waals surface area contributed by atoms with Crippen LogP contribution in [0.4, 0.5) is 5.69 Å². The van der Waals surface area contributed by atoms with Crippen LogP contribution in [0.3, 0.4) is 0 Å². The first-order chi connectivity index (χ1) is 12.2. The lowest BCUT2D eigenvalue weighted by atomic mass is 10.0. The number of ether oxygens (including phenoxy) is 1. The highest BCUT2D eigenvalue weighted by atomic mass is 16.5. The van der Waals surface area contributed by atoms with Crippen molar-refractivity contribution in [2.45, 2.75) is 24.9 Å². The molecule has 0 aliphatic carbocycles. The van der Waals surface area contributed by atoms with Gasteiger partial charge in [0.2, 0.25) is 5.91 Å². The first-order valence-electron chi connectivity index (χ1n) is 8.45. The van der Waals surface area contributed by atoms with E-state index in [4.69, 9.17) is 4.74 Å². The van der Waals surface area contributed by atoms with Gasteiger partial charge in [0.25, 0.3) is 5.91 Å². The molecular weight excluding hydrogens is 338 g/mol. The van der Waals surface area contributed by atoms with Crippen molar-refractivity contribution in [3.63, 3.8) is 0 Å². The second-order valence-electron chi connectivity index (χ2n) is 7.09. The summed E-state index contributed by atoms with van der Waals surface area (Å²) < 4.78 is 5.74. The van der Waals surface area contributed by atoms with Crippen LogP contribution in [-0.2, 0) is 4.79 Å². The number of aliphatic hydroxyl groups is 2. The minimum absolute atomic E-state index is 0.109. The van der Waals surface area contributed by atoms with Crippen LogP contribution >= 0.6 is 0 Å². The molecule has 3 N–H and O–H groups in total. The van der Waals surface area contributed by atoms with Crippen LogP contribution in [0.1, 0.15) is 23.7 Å². The van der Waals surface area contributed by atoms with Gasteiger partial charge in [-0.1, -0.05) is 0 Å². The molecule has 0 radical (unpaired) electrons. The van der Waals surface area contributed by atoms with E-state index in [-0.39, 0.29) is 37.5 Å². The van der Waals surface area contributed by atoms with Crippen molar-refractivity contribution in [3.05, 3.63) is 23.8 Å². The molecule has 2 rings (SSSR count). The zero-order valence-corrected chi connectivity index (χ0v) is 15.7. The van der Waals surface area contributed by atoms with Crippen LogP contribution in [0.2, 0.25) is 0 Å². The van der Waals surface area contributed by atoms with Crippen molar-refractivity contribution < 1.29 is 24.5 Å². The highest BCUT2D eigenvalue weighted by Crippen LogP contribution is 2.34. The van der Waals surface area contributed by atoms with Gasteiger partial charge in [-0.25, -0.2) is 0 Å². The Bertz CT molecular complexity index is 673. The Morgan fingerprint density at radius 2 is 2.00 bits per heavy atom. The molecule has 1 aliphatic rings. The summed E-state index contributed by atoms with van der Waals surface area (Å²) >= 11 is 0. The van der Waals surface area contributed by atoms with Crippen molar-refractivity contribution in [1.29, 1.82) is 0 Å². The van der Waals surface area contributed by atoms with E-state index in [1.165, 1.54) is 4.90 Å². The molecule has 0 unspecified atom stereocenters. The molecule has 0 bridgehead atoms. The number of amides is 2. The van der Waals surface area contributed by atoms with Crippen molar-refractivity contribution >= 4 is 17.5 Å². The van der Waals surface area contributed by atoms with E-state index in [2.05, 4.69) is 5.32 Å². The molecule has 0 saturated carbocycles. The van der Waals surface area contributed by atoms with Gasteiger partial charge >= 0.3 is 0 Å². The van der Waals surface area contributed by atoms with Gasteiger partial charge in [-0.2, -0.15) is 0 Å². The fourth-order valence-electron chi connectivity index (χ4n) is 2.73. The number of likely N-dealkylation sites (N-methyl/N-ethyl adjacent to an activating group) is 1. The smallest absolute Gasteiger partial charge is 0.253 e. The van der Waals surface area contributed by atoms with Gasteiger partial charge in [-0.05, 0) is 25.1 Å². The minimum Gasteiger partial charge on any atom is -0.489 e. The number of hydrogen-bond acceptors (Lipinski definition) is 6. The maximum absolute atomic E-state index is 12.3. The predicted octanol–water partition coefficient (Wildman–Crippen LogP) is -0.165. The zero-order chi connectivity index (χ0) is 19.5. The summed E-state index contributed by atoms with van der Waals surface area (Å²) in [5.41, 5.74) is 0.227. The van der Waals surface area contributed by atoms with Crippen molar-refractivity contribution in [1.82, 2.24) is 10.2 Å². The third-order valence-electron chi connectivity index (χ3n) is 4.53. The van der Waals surface area contributed by atoms with E-state index in [1.54, 1.807) is 39.2 Å². The molecule has 0 fully saturated rings. The number of hydrogen-bond donors (Lipinski definition) is 3. The van der Waals surface area contributed by atoms with Crippen LogP contribution in [0, 0.1) is 0 Å². The molecule has 1 aromatic rings. The number of carbonyl (C=O) groups is 2. The Morgan fingerprint density at radius 3 is 2.58 bits per heavy atom. The molecule has 8 heteroatoms. The van der Waals surface area contributed by atoms with Gasteiger partial charge in [-0.3, -0.25) is 9.59 Å². The lowest BCUT2D eigenvalue weighted by Crippen LogP contribution is -2.53. The highest BCUT2D eigenvalue weighted by molar-refractivity contribution is 5.95. The monoisotopic (exact) mass is 365 g/mol. The summed E-state index contributed by atoms with van der Waals surface area (Å²) in [4.78, 5) is 27.9. The molecule has 144 valence electrons. The second-order valence-corrected chi connectivity index (χ2v) is 7.09. The molecule has 0 aromatic heterocycles. The Kier molecular flexibility index (Phi) is 6.09. The van der Waals surface area contributed by atoms with E-state index in [9.17, 15) is 19.8 Å². The largest absolute Gasteiger partial charge is 0.489 e. The molecule has 0 spiro atoms. The summed E-state index contributed by atoms with van der Waals surface area (Å²) in [7, 11) is 5.23. The SMILES string of the molecule is CN(C)C(=O)c1ccc2c(c1)N(C)[C@@H](CC(=O)NC(C)(CO)CO)CO2. The summed E-state index contributed by atoms with van der Waals surface area (Å²) in [5.74, 6) is 0.262. The highest BCUT2D eigenvalue weighted by Gasteiger charge is 2.30. The fourth-order valence-corrected chi connectivity index (χ4v) is 2.73. The Morgan fingerprint density at radius 1 is 1.35 bits per heavy atom. The molecule has 8 nitrogen and oxygen atoms in total. The van der Waals surface area contributed by atoms with Gasteiger partial charge < -0.3 is 30.1 Å². The third-order valence-corrected chi connectivity index (χ3v) is 4.53. The summed E-state index contributed by atoms with van der Waals surface area (Å²) in [6.45, 7) is 1.18. The predicted molar refractivity (Wildman–Crippen MR) is 97.5 cm³/mol. The van der Waals surface area contributed by atoms with Gasteiger partial charge in [0.05, 0.1) is 36.9 Å². The first kappa shape index (κ1) is 20.0. The van der Waals surface area contributed by atoms with Crippen molar-refractivity contribution in [2.75, 3.05) is 45.9 Å². The number of carbonyl (C=O) groups excluding carboxylic acids is 2. The first-order valence-corrected chi connectivity index (χ1v) is 8.45. The Balaban J connectivity index is 2.13. The van der Waals surface area contributed by atoms with E-state index < -0.39 is 5.54 Å². The van der Waals surface area contributed by atoms with Crippen LogP contribution in [-0.4, -0.2) is 79.5 Å². The number of rotatable bonds is 6. The number of benzene rings is 1. The lowest BCUT2D eigenvalue weighted by Gasteiger charge is -2.36. The molecule has 0 saturated heterocycles. The summed E-state index contributed by atoms with van der Waals surface area (Å²) in [6.07, 6.45) is 0.136. The Hall–Kier alpha value is -2.32. The van der Waals surface area contributed by atoms with Gasteiger partial charge in [0.15, 0.2) is 0 Å². The zero-order valence-electron chi connectivity index (χ0n) is 15.7. The van der Waals surface area contributed by atoms with E-state index in [0.29, 0.717) is 17.9 Å². The van der Waals surface area contributed by atoms with Crippen molar-refractivity contribution in [3.8, 4) is 5.75 Å². The molecule has 1 aliphatic heterocycles. The lowest BCUT2D eigenvalue weighted by molar-refractivity contribution is -0.124. The average Bonchev–Trinajstić information content (AvgIpc) is 2.63. The van der Waals surface area contributed by atoms with Crippen LogP contribution < -0.4 is 15.0 Å². The number of nitrogens with one attached hydrogen (secondary N) is 1. The molecule has 26 heavy (non-hydrogen) atoms. The fraction of sp³-hybridized carbons (Fsp3) is 0.556. The normalized spacial score (nSPS) is 16.5. The molecule has 1 atom stereocenters. The maximum Gasteiger partial charge on any atom is 0.253 e. The number of nitrogens with zero attached hydrogens (tertiary/aromatic N) is 2. The maximum atomic E-state index is 12.3. The van der Waals surface area contributed by atoms with E-state index in [1.807, 2.05) is 11.9 Å². The summed E-state index contributed by atoms with van der Waals surface area (Å²) in [5, 5.41) is 21.3. The van der Waals surface area contributed by atoms with Gasteiger partial charge in [0, 0.05) is 26.7 Å². The molecule has 2 amide bonds. The van der Waals surface area contributed by atoms with E-state index >= 15 is 0 Å². The third kappa shape index (κ3) is 4.25. The Labute approximate surface area is 153 Å². The number of aliphatic hydroxyl groups excluding tert-OH is 2. The minimum atomic E-state index is -1.06. The number of anilines is 1. The molecule has 1 heterocycles. The quantitative estimate of drug-likeness (QED) is 0.647. The average molecular weight is 365 g/mol. The van der Waals surface area contributed by atoms with E-state index in [0.717, 1.165) is 5.69 Å². The number of fused-ring (bicyclic) bond motifs is 1. The molecule has 1 aromatic carbocycles. The standard InChI is InChI=1S/C18H27N3O5/c1-18(10-22,11-23)19-16(24)8-13-9-26-15-6-5-12(17(25)20(2)3)7-14(15)21(13)4/h5-7,13,22-23H,8-11H2,1-4H3,(H,19,24)/t13-/m0/s1. The topological polar surface area (TPSA) is 102 Å². The second kappa shape index (κ2) is 7.92. The summed E-state index contributed by atoms with van der Waals surface area (Å²) in [6, 6.07) is 5.00. The van der Waals surface area contributed by atoms with Gasteiger partial charge in [-0.15, -0.1) is 0 Å². The van der Waals surface area contributed by atoms with Crippen LogP contribution in [0.15, 0.2) is 18.2 Å². The van der Waals surface area contributed by atoms with Crippen molar-refractivity contribution in [2.24, 2.45) is 0 Å². The van der Waals surface area contributed by atoms with Crippen LogP contribution in [0.5, 0.6) is 5.75 Å². The van der Waals surface area contributed by atoms with Crippen LogP contribution in [0.25, 0.3) is 0 Å².